The van der Waals surface area contributed by atoms with Gasteiger partial charge in [0.05, 0.1) is 13.2 Å². The Morgan fingerprint density at radius 1 is 1.50 bits per heavy atom. The van der Waals surface area contributed by atoms with Crippen molar-refractivity contribution >= 4 is 5.91 Å². The van der Waals surface area contributed by atoms with Crippen LogP contribution in [0.25, 0.3) is 0 Å². The van der Waals surface area contributed by atoms with E-state index in [0.29, 0.717) is 26.3 Å². The van der Waals surface area contributed by atoms with Crippen molar-refractivity contribution in [3.05, 3.63) is 29.8 Å². The third-order valence-electron chi connectivity index (χ3n) is 3.91. The molecule has 0 aromatic heterocycles. The molecule has 22 heavy (non-hydrogen) atoms. The van der Waals surface area contributed by atoms with Gasteiger partial charge in [-0.2, -0.15) is 0 Å². The van der Waals surface area contributed by atoms with Crippen LogP contribution in [0.3, 0.4) is 0 Å². The van der Waals surface area contributed by atoms with Crippen LogP contribution in [0.15, 0.2) is 24.3 Å². The van der Waals surface area contributed by atoms with E-state index in [0.717, 1.165) is 24.2 Å². The summed E-state index contributed by atoms with van der Waals surface area (Å²) in [5.41, 5.74) is 0.224. The Labute approximate surface area is 131 Å². The number of aliphatic hydroxyl groups is 1. The summed E-state index contributed by atoms with van der Waals surface area (Å²) >= 11 is 0. The van der Waals surface area contributed by atoms with Gasteiger partial charge in [0.15, 0.2) is 0 Å². The van der Waals surface area contributed by atoms with Gasteiger partial charge >= 0.3 is 0 Å². The number of aliphatic hydroxyl groups excluding tert-OH is 1. The van der Waals surface area contributed by atoms with Crippen molar-refractivity contribution in [3.8, 4) is 5.75 Å². The van der Waals surface area contributed by atoms with Crippen LogP contribution in [0.5, 0.6) is 5.75 Å². The van der Waals surface area contributed by atoms with Crippen LogP contribution in [0.4, 0.5) is 0 Å². The van der Waals surface area contributed by atoms with Gasteiger partial charge in [0.2, 0.25) is 0 Å². The highest BCUT2D eigenvalue weighted by atomic mass is 16.5. The number of hydrogen-bond donors (Lipinski definition) is 1. The lowest BCUT2D eigenvalue weighted by molar-refractivity contribution is -0.152. The monoisotopic (exact) mass is 307 g/mol. The molecule has 1 aromatic carbocycles. The minimum Gasteiger partial charge on any atom is -0.494 e. The van der Waals surface area contributed by atoms with Crippen molar-refractivity contribution in [1.82, 2.24) is 4.90 Å². The van der Waals surface area contributed by atoms with E-state index in [2.05, 4.69) is 0 Å². The largest absolute Gasteiger partial charge is 0.494 e. The summed E-state index contributed by atoms with van der Waals surface area (Å²) in [6, 6.07) is 7.69. The molecule has 0 spiro atoms. The zero-order chi connectivity index (χ0) is 16.0. The molecule has 1 aromatic rings. The highest BCUT2D eigenvalue weighted by molar-refractivity contribution is 5.85. The quantitative estimate of drug-likeness (QED) is 0.837. The van der Waals surface area contributed by atoms with Crippen molar-refractivity contribution in [2.24, 2.45) is 0 Å². The van der Waals surface area contributed by atoms with E-state index < -0.39 is 5.60 Å². The van der Waals surface area contributed by atoms with E-state index in [1.165, 1.54) is 0 Å². The van der Waals surface area contributed by atoms with Crippen LogP contribution in [-0.2, 0) is 16.1 Å². The molecular weight excluding hydrogens is 282 g/mol. The van der Waals surface area contributed by atoms with E-state index in [-0.39, 0.29) is 12.5 Å². The molecule has 0 saturated carbocycles. The van der Waals surface area contributed by atoms with Crippen LogP contribution < -0.4 is 4.74 Å². The molecule has 5 heteroatoms. The number of carbonyl (C=O) groups is 1. The zero-order valence-electron chi connectivity index (χ0n) is 13.4. The van der Waals surface area contributed by atoms with Crippen molar-refractivity contribution in [1.29, 1.82) is 0 Å². The Morgan fingerprint density at radius 2 is 2.32 bits per heavy atom. The van der Waals surface area contributed by atoms with E-state index in [1.54, 1.807) is 4.90 Å². The molecule has 122 valence electrons. The molecule has 5 nitrogen and oxygen atoms in total. The first-order valence-corrected chi connectivity index (χ1v) is 7.85. The van der Waals surface area contributed by atoms with E-state index in [1.807, 2.05) is 38.1 Å². The Morgan fingerprint density at radius 3 is 2.95 bits per heavy atom. The van der Waals surface area contributed by atoms with Crippen molar-refractivity contribution in [2.45, 2.75) is 38.8 Å². The summed E-state index contributed by atoms with van der Waals surface area (Å²) in [7, 11) is 0. The molecule has 1 saturated heterocycles. The van der Waals surface area contributed by atoms with E-state index >= 15 is 0 Å². The molecule has 1 aliphatic rings. The van der Waals surface area contributed by atoms with Crippen LogP contribution in [0, 0.1) is 0 Å². The maximum absolute atomic E-state index is 12.7. The van der Waals surface area contributed by atoms with Crippen molar-refractivity contribution < 1.29 is 19.4 Å². The number of carbonyl (C=O) groups excluding carboxylic acids is 1. The van der Waals surface area contributed by atoms with Gasteiger partial charge < -0.3 is 19.5 Å². The second kappa shape index (κ2) is 7.61. The lowest BCUT2D eigenvalue weighted by Gasteiger charge is -2.31. The predicted octanol–water partition coefficient (Wildman–Crippen LogP) is 1.98. The first-order chi connectivity index (χ1) is 10.6. The Hall–Kier alpha value is -1.59. The van der Waals surface area contributed by atoms with Gasteiger partial charge in [0.25, 0.3) is 5.91 Å². The first-order valence-electron chi connectivity index (χ1n) is 7.85. The molecule has 0 unspecified atom stereocenters. The summed E-state index contributed by atoms with van der Waals surface area (Å²) < 4.78 is 11.1. The number of rotatable bonds is 7. The highest BCUT2D eigenvalue weighted by Gasteiger charge is 2.40. The molecule has 1 fully saturated rings. The Bertz CT molecular complexity index is 497. The fourth-order valence-corrected chi connectivity index (χ4v) is 2.78. The Balaban J connectivity index is 2.11. The number of amides is 1. The summed E-state index contributed by atoms with van der Waals surface area (Å²) in [4.78, 5) is 14.4. The maximum atomic E-state index is 12.7. The number of nitrogens with zero attached hydrogens (tertiary/aromatic N) is 1. The fraction of sp³-hybridized carbons (Fsp3) is 0.588. The minimum absolute atomic E-state index is 0.0548. The molecule has 1 amide bonds. The van der Waals surface area contributed by atoms with Gasteiger partial charge in [0.1, 0.15) is 11.4 Å². The molecule has 0 bridgehead atoms. The molecule has 0 radical (unpaired) electrons. The van der Waals surface area contributed by atoms with Crippen LogP contribution >= 0.6 is 0 Å². The van der Waals surface area contributed by atoms with Crippen molar-refractivity contribution in [3.63, 3.8) is 0 Å². The van der Waals surface area contributed by atoms with Gasteiger partial charge in [-0.3, -0.25) is 4.79 Å². The van der Waals surface area contributed by atoms with Gasteiger partial charge in [-0.05, 0) is 44.4 Å². The minimum atomic E-state index is -0.757. The lowest BCUT2D eigenvalue weighted by atomic mass is 10.0. The summed E-state index contributed by atoms with van der Waals surface area (Å²) in [5.74, 6) is 0.737. The molecule has 1 heterocycles. The molecular formula is C17H25NO4. The summed E-state index contributed by atoms with van der Waals surface area (Å²) in [6.07, 6.45) is 1.63. The van der Waals surface area contributed by atoms with Gasteiger partial charge in [-0.15, -0.1) is 0 Å². The smallest absolute Gasteiger partial charge is 0.254 e. The topological polar surface area (TPSA) is 59.0 Å². The SMILES string of the molecule is CCOc1cccc(CN(CCO)C(=O)[C@@]2(C)CCCO2)c1. The highest BCUT2D eigenvalue weighted by Crippen LogP contribution is 2.28. The van der Waals surface area contributed by atoms with Gasteiger partial charge in [-0.1, -0.05) is 12.1 Å². The standard InChI is InChI=1S/C17H25NO4/c1-3-21-15-7-4-6-14(12-15)13-18(9-10-19)16(20)17(2)8-5-11-22-17/h4,6-7,12,19H,3,5,8-11,13H2,1-2H3/t17-/m1/s1. The van der Waals surface area contributed by atoms with Gasteiger partial charge in [-0.25, -0.2) is 0 Å². The maximum Gasteiger partial charge on any atom is 0.254 e. The second-order valence-electron chi connectivity index (χ2n) is 5.71. The van der Waals surface area contributed by atoms with E-state index in [4.69, 9.17) is 9.47 Å². The molecule has 1 atom stereocenters. The predicted molar refractivity (Wildman–Crippen MR) is 83.7 cm³/mol. The molecule has 0 aliphatic carbocycles. The number of benzene rings is 1. The van der Waals surface area contributed by atoms with Crippen LogP contribution in [-0.4, -0.2) is 47.9 Å². The van der Waals surface area contributed by atoms with Gasteiger partial charge in [0, 0.05) is 19.7 Å². The third kappa shape index (κ3) is 3.99. The molecule has 1 N–H and O–H groups in total. The third-order valence-corrected chi connectivity index (χ3v) is 3.91. The first kappa shape index (κ1) is 16.8. The van der Waals surface area contributed by atoms with Crippen LogP contribution in [0.1, 0.15) is 32.3 Å². The number of hydrogen-bond acceptors (Lipinski definition) is 4. The lowest BCUT2D eigenvalue weighted by Crippen LogP contribution is -2.47. The van der Waals surface area contributed by atoms with Crippen molar-refractivity contribution in [2.75, 3.05) is 26.4 Å². The number of ether oxygens (including phenoxy) is 2. The van der Waals surface area contributed by atoms with Crippen LogP contribution in [0.2, 0.25) is 0 Å². The summed E-state index contributed by atoms with van der Waals surface area (Å²) in [5, 5.41) is 9.27. The normalized spacial score (nSPS) is 20.9. The van der Waals surface area contributed by atoms with E-state index in [9.17, 15) is 9.90 Å². The average Bonchev–Trinajstić information content (AvgIpc) is 2.95. The molecule has 1 aliphatic heterocycles. The second-order valence-corrected chi connectivity index (χ2v) is 5.71. The Kier molecular flexibility index (Phi) is 5.80. The fourth-order valence-electron chi connectivity index (χ4n) is 2.78. The summed E-state index contributed by atoms with van der Waals surface area (Å²) in [6.45, 7) is 5.68. The average molecular weight is 307 g/mol. The zero-order valence-corrected chi connectivity index (χ0v) is 13.4. The molecule has 2 rings (SSSR count).